The fourth-order valence-corrected chi connectivity index (χ4v) is 3.26. The molecular formula is C23H15FO11. The number of hydrogen-bond donors (Lipinski definition) is 3. The Bertz CT molecular complexity index is 1580. The van der Waals surface area contributed by atoms with Gasteiger partial charge < -0.3 is 33.6 Å². The summed E-state index contributed by atoms with van der Waals surface area (Å²) in [6, 6.07) is 7.48. The fraction of sp³-hybridized carbons (Fsp3) is 0.130. The molecule has 0 bridgehead atoms. The van der Waals surface area contributed by atoms with E-state index < -0.39 is 59.5 Å². The summed E-state index contributed by atoms with van der Waals surface area (Å²) in [5, 5.41) is 28.0. The number of carboxylic acids is 2. The second kappa shape index (κ2) is 9.27. The summed E-state index contributed by atoms with van der Waals surface area (Å²) in [6.45, 7) is -0.870. The standard InChI is InChI=1S/C23H15FO11/c24-10-4-16(21-13(27)7-19(23(30)31)35-17(21)5-10)33-9-11(25)8-32-14-2-1-3-15-20(14)12(26)6-18(34-15)22(28)29/h1-7,11,25H,8-9H2,(H,28,29)(H,30,31)/i24-1. The SMILES string of the molecule is O=C(O)c1cc(=O)c2c(OCC(O)COc3cc([18F])cc4oc(C(=O)O)cc(=O)c34)cccc2o1. The Kier molecular flexibility index (Phi) is 6.21. The molecule has 1 atom stereocenters. The van der Waals surface area contributed by atoms with Gasteiger partial charge in [-0.15, -0.1) is 0 Å². The molecule has 12 heteroatoms. The van der Waals surface area contributed by atoms with Gasteiger partial charge in [-0.1, -0.05) is 6.07 Å². The second-order valence-corrected chi connectivity index (χ2v) is 7.24. The van der Waals surface area contributed by atoms with E-state index in [-0.39, 0.29) is 33.4 Å². The van der Waals surface area contributed by atoms with E-state index in [9.17, 15) is 28.7 Å². The minimum atomic E-state index is -1.51. The number of carbonyl (C=O) groups is 2. The molecule has 180 valence electrons. The number of carboxylic acid groups (broad SMARTS) is 2. The molecule has 0 fully saturated rings. The van der Waals surface area contributed by atoms with Crippen molar-refractivity contribution in [2.75, 3.05) is 13.2 Å². The lowest BCUT2D eigenvalue weighted by Crippen LogP contribution is -2.25. The largest absolute Gasteiger partial charge is 0.490 e. The van der Waals surface area contributed by atoms with Crippen molar-refractivity contribution in [3.05, 3.63) is 80.2 Å². The Hall–Kier alpha value is -4.71. The number of rotatable bonds is 8. The van der Waals surface area contributed by atoms with Gasteiger partial charge in [0.15, 0.2) is 10.9 Å². The molecular weight excluding hydrogens is 470 g/mol. The van der Waals surface area contributed by atoms with Gasteiger partial charge in [-0.25, -0.2) is 14.0 Å². The maximum Gasteiger partial charge on any atom is 0.371 e. The molecule has 0 saturated carbocycles. The van der Waals surface area contributed by atoms with Crippen LogP contribution < -0.4 is 20.3 Å². The van der Waals surface area contributed by atoms with E-state index in [0.29, 0.717) is 0 Å². The predicted octanol–water partition coefficient (Wildman–Crippen LogP) is 2.25. The van der Waals surface area contributed by atoms with Crippen LogP contribution in [0.4, 0.5) is 4.39 Å². The highest BCUT2D eigenvalue weighted by molar-refractivity contribution is 5.90. The van der Waals surface area contributed by atoms with Gasteiger partial charge in [0.05, 0.1) is 0 Å². The molecule has 0 aliphatic carbocycles. The summed E-state index contributed by atoms with van der Waals surface area (Å²) in [6.07, 6.45) is -1.32. The molecule has 0 spiro atoms. The predicted molar refractivity (Wildman–Crippen MR) is 116 cm³/mol. The minimum absolute atomic E-state index is 0.0188. The van der Waals surface area contributed by atoms with Crippen LogP contribution in [0.25, 0.3) is 21.9 Å². The zero-order valence-corrected chi connectivity index (χ0v) is 17.5. The second-order valence-electron chi connectivity index (χ2n) is 7.24. The third-order valence-electron chi connectivity index (χ3n) is 4.76. The van der Waals surface area contributed by atoms with Crippen molar-refractivity contribution in [3.63, 3.8) is 0 Å². The summed E-state index contributed by atoms with van der Waals surface area (Å²) >= 11 is 0. The van der Waals surface area contributed by atoms with Crippen LogP contribution in [-0.2, 0) is 0 Å². The molecule has 2 heterocycles. The third-order valence-corrected chi connectivity index (χ3v) is 4.76. The van der Waals surface area contributed by atoms with Crippen LogP contribution in [0.3, 0.4) is 0 Å². The van der Waals surface area contributed by atoms with Gasteiger partial charge in [-0.3, -0.25) is 9.59 Å². The molecule has 35 heavy (non-hydrogen) atoms. The van der Waals surface area contributed by atoms with Crippen molar-refractivity contribution in [3.8, 4) is 11.5 Å². The molecule has 2 aromatic heterocycles. The summed E-state index contributed by atoms with van der Waals surface area (Å²) in [5.74, 6) is -5.28. The van der Waals surface area contributed by atoms with E-state index in [0.717, 1.165) is 24.3 Å². The lowest BCUT2D eigenvalue weighted by Gasteiger charge is -2.15. The zero-order valence-electron chi connectivity index (χ0n) is 17.5. The first-order chi connectivity index (χ1) is 16.6. The minimum Gasteiger partial charge on any atom is -0.490 e. The number of fused-ring (bicyclic) bond motifs is 2. The Balaban J connectivity index is 1.52. The van der Waals surface area contributed by atoms with E-state index in [4.69, 9.17) is 28.5 Å². The molecule has 0 saturated heterocycles. The highest BCUT2D eigenvalue weighted by atomic mass is 18.2. The van der Waals surface area contributed by atoms with Gasteiger partial charge in [0, 0.05) is 24.3 Å². The first kappa shape index (κ1) is 23.4. The molecule has 1 unspecified atom stereocenters. The van der Waals surface area contributed by atoms with E-state index >= 15 is 0 Å². The number of halogens is 1. The number of aliphatic hydroxyl groups is 1. The Morgan fingerprint density at radius 3 is 1.97 bits per heavy atom. The highest BCUT2D eigenvalue weighted by Crippen LogP contribution is 2.26. The van der Waals surface area contributed by atoms with E-state index in [1.54, 1.807) is 0 Å². The number of aromatic carboxylic acids is 2. The van der Waals surface area contributed by atoms with Gasteiger partial charge in [0.2, 0.25) is 11.5 Å². The molecule has 2 aromatic carbocycles. The Morgan fingerprint density at radius 2 is 1.37 bits per heavy atom. The topological polar surface area (TPSA) is 174 Å². The van der Waals surface area contributed by atoms with E-state index in [1.807, 2.05) is 0 Å². The lowest BCUT2D eigenvalue weighted by molar-refractivity contribution is 0.0635. The molecule has 0 radical (unpaired) electrons. The zero-order chi connectivity index (χ0) is 25.3. The average Bonchev–Trinajstić information content (AvgIpc) is 2.80. The van der Waals surface area contributed by atoms with Gasteiger partial charge in [0.25, 0.3) is 0 Å². The van der Waals surface area contributed by atoms with E-state index in [2.05, 4.69) is 0 Å². The molecule has 0 aliphatic rings. The van der Waals surface area contributed by atoms with Gasteiger partial charge >= 0.3 is 11.9 Å². The van der Waals surface area contributed by atoms with Gasteiger partial charge in [-0.05, 0) is 12.1 Å². The Morgan fingerprint density at radius 1 is 0.829 bits per heavy atom. The summed E-state index contributed by atoms with van der Waals surface area (Å²) < 4.78 is 35.0. The first-order valence-electron chi connectivity index (χ1n) is 9.88. The van der Waals surface area contributed by atoms with E-state index in [1.165, 1.54) is 18.2 Å². The number of hydrogen-bond acceptors (Lipinski definition) is 9. The summed E-state index contributed by atoms with van der Waals surface area (Å²) in [7, 11) is 0. The van der Waals surface area contributed by atoms with Crippen LogP contribution in [0.5, 0.6) is 11.5 Å². The molecule has 0 amide bonds. The van der Waals surface area contributed by atoms with Crippen LogP contribution in [0.1, 0.15) is 21.1 Å². The van der Waals surface area contributed by atoms with Crippen LogP contribution in [0.15, 0.2) is 60.9 Å². The van der Waals surface area contributed by atoms with Crippen molar-refractivity contribution in [1.82, 2.24) is 0 Å². The fourth-order valence-electron chi connectivity index (χ4n) is 3.26. The molecule has 0 aliphatic heterocycles. The van der Waals surface area contributed by atoms with Crippen LogP contribution in [0.2, 0.25) is 0 Å². The monoisotopic (exact) mass is 485 g/mol. The van der Waals surface area contributed by atoms with Crippen molar-refractivity contribution >= 4 is 33.9 Å². The van der Waals surface area contributed by atoms with Crippen LogP contribution in [-0.4, -0.2) is 46.6 Å². The molecule has 4 rings (SSSR count). The quantitative estimate of drug-likeness (QED) is 0.334. The summed E-state index contributed by atoms with van der Waals surface area (Å²) in [5.41, 5.74) is -1.83. The van der Waals surface area contributed by atoms with Crippen LogP contribution in [0, 0.1) is 5.82 Å². The highest BCUT2D eigenvalue weighted by Gasteiger charge is 2.18. The Labute approximate surface area is 193 Å². The van der Waals surface area contributed by atoms with Crippen molar-refractivity contribution in [2.45, 2.75) is 6.10 Å². The lowest BCUT2D eigenvalue weighted by atomic mass is 10.2. The smallest absolute Gasteiger partial charge is 0.371 e. The molecule has 3 N–H and O–H groups in total. The third kappa shape index (κ3) is 4.82. The number of benzene rings is 2. The molecule has 4 aromatic rings. The van der Waals surface area contributed by atoms with Gasteiger partial charge in [-0.2, -0.15) is 0 Å². The number of aliphatic hydroxyl groups excluding tert-OH is 1. The van der Waals surface area contributed by atoms with Crippen molar-refractivity contribution in [1.29, 1.82) is 0 Å². The molecule has 11 nitrogen and oxygen atoms in total. The normalized spacial score (nSPS) is 11.9. The first-order valence-corrected chi connectivity index (χ1v) is 9.88. The summed E-state index contributed by atoms with van der Waals surface area (Å²) in [4.78, 5) is 46.8. The maximum absolute atomic E-state index is 14.0. The number of ether oxygens (including phenoxy) is 2. The van der Waals surface area contributed by atoms with Crippen molar-refractivity contribution in [2.24, 2.45) is 0 Å². The van der Waals surface area contributed by atoms with Crippen molar-refractivity contribution < 1.29 is 47.6 Å². The van der Waals surface area contributed by atoms with Crippen LogP contribution >= 0.6 is 0 Å². The maximum atomic E-state index is 14.0. The van der Waals surface area contributed by atoms with Gasteiger partial charge in [0.1, 0.15) is 58.6 Å². The average molecular weight is 485 g/mol.